The molecule has 0 aliphatic carbocycles. The lowest BCUT2D eigenvalue weighted by Gasteiger charge is -2.06. The third-order valence-corrected chi connectivity index (χ3v) is 2.59. The van der Waals surface area contributed by atoms with Crippen molar-refractivity contribution in [3.63, 3.8) is 0 Å². The van der Waals surface area contributed by atoms with Crippen LogP contribution in [0.3, 0.4) is 0 Å². The van der Waals surface area contributed by atoms with E-state index in [0.717, 1.165) is 5.56 Å². The van der Waals surface area contributed by atoms with E-state index in [1.165, 1.54) is 6.20 Å². The number of carbonyl (C=O) groups is 1. The van der Waals surface area contributed by atoms with Crippen LogP contribution >= 0.6 is 0 Å². The molecule has 2 heterocycles. The molecule has 3 N–H and O–H groups in total. The van der Waals surface area contributed by atoms with Gasteiger partial charge < -0.3 is 11.1 Å². The average Bonchev–Trinajstić information content (AvgIpc) is 2.92. The molecule has 0 fully saturated rings. The highest BCUT2D eigenvalue weighted by Crippen LogP contribution is 2.10. The summed E-state index contributed by atoms with van der Waals surface area (Å²) in [5.74, 6) is -0.226. The summed E-state index contributed by atoms with van der Waals surface area (Å²) in [4.78, 5) is 12.0. The fraction of sp³-hybridized carbons (Fsp3) is 0.364. The van der Waals surface area contributed by atoms with Gasteiger partial charge in [0.25, 0.3) is 5.91 Å². The van der Waals surface area contributed by atoms with Gasteiger partial charge in [0, 0.05) is 31.9 Å². The zero-order valence-corrected chi connectivity index (χ0v) is 10.4. The maximum atomic E-state index is 12.0. The minimum Gasteiger partial charge on any atom is -0.396 e. The summed E-state index contributed by atoms with van der Waals surface area (Å²) in [5, 5.41) is 10.9. The Kier molecular flexibility index (Phi) is 3.31. The van der Waals surface area contributed by atoms with Gasteiger partial charge in [-0.3, -0.25) is 14.2 Å². The Morgan fingerprint density at radius 3 is 2.83 bits per heavy atom. The number of anilines is 1. The lowest BCUT2D eigenvalue weighted by molar-refractivity contribution is 0.0941. The van der Waals surface area contributed by atoms with Crippen LogP contribution in [0, 0.1) is 0 Å². The first-order valence-electron chi connectivity index (χ1n) is 5.68. The van der Waals surface area contributed by atoms with Gasteiger partial charge in [0.1, 0.15) is 5.69 Å². The van der Waals surface area contributed by atoms with Crippen molar-refractivity contribution in [2.45, 2.75) is 20.0 Å². The standard InChI is InChI=1S/C11H16N6O/c1-3-17-10(9(12)6-15-17)11(18)13-4-8-5-14-16(2)7-8/h5-7H,3-4,12H2,1-2H3,(H,13,18). The highest BCUT2D eigenvalue weighted by Gasteiger charge is 2.15. The third kappa shape index (κ3) is 2.34. The number of amides is 1. The van der Waals surface area contributed by atoms with Crippen LogP contribution in [0.1, 0.15) is 23.0 Å². The molecular weight excluding hydrogens is 232 g/mol. The quantitative estimate of drug-likeness (QED) is 0.805. The van der Waals surface area contributed by atoms with Gasteiger partial charge in [-0.25, -0.2) is 0 Å². The number of aromatic nitrogens is 4. The zero-order valence-electron chi connectivity index (χ0n) is 10.4. The normalized spacial score (nSPS) is 10.6. The molecule has 1 amide bonds. The van der Waals surface area contributed by atoms with E-state index in [1.807, 2.05) is 20.2 Å². The van der Waals surface area contributed by atoms with Crippen molar-refractivity contribution in [2.24, 2.45) is 7.05 Å². The van der Waals surface area contributed by atoms with Crippen molar-refractivity contribution in [3.8, 4) is 0 Å². The number of hydrogen-bond donors (Lipinski definition) is 2. The number of hydrogen-bond acceptors (Lipinski definition) is 4. The highest BCUT2D eigenvalue weighted by molar-refractivity contribution is 5.97. The van der Waals surface area contributed by atoms with Crippen LogP contribution < -0.4 is 11.1 Å². The molecular formula is C11H16N6O. The summed E-state index contributed by atoms with van der Waals surface area (Å²) in [6.45, 7) is 2.93. The molecule has 96 valence electrons. The molecule has 0 aliphatic rings. The van der Waals surface area contributed by atoms with E-state index in [0.29, 0.717) is 24.5 Å². The van der Waals surface area contributed by atoms with Crippen molar-refractivity contribution in [1.82, 2.24) is 24.9 Å². The number of carbonyl (C=O) groups excluding carboxylic acids is 1. The Hall–Kier alpha value is -2.31. The number of rotatable bonds is 4. The Labute approximate surface area is 105 Å². The first kappa shape index (κ1) is 12.2. The molecule has 7 heteroatoms. The van der Waals surface area contributed by atoms with E-state index >= 15 is 0 Å². The number of nitrogens with zero attached hydrogens (tertiary/aromatic N) is 4. The molecule has 2 aromatic heterocycles. The second-order valence-electron chi connectivity index (χ2n) is 3.97. The van der Waals surface area contributed by atoms with E-state index in [-0.39, 0.29) is 5.91 Å². The Bertz CT molecular complexity index is 556. The maximum absolute atomic E-state index is 12.0. The molecule has 2 rings (SSSR count). The summed E-state index contributed by atoms with van der Waals surface area (Å²) in [6.07, 6.45) is 5.05. The predicted octanol–water partition coefficient (Wildman–Crippen LogP) is 0.149. The highest BCUT2D eigenvalue weighted by atomic mass is 16.2. The molecule has 0 spiro atoms. The van der Waals surface area contributed by atoms with Crippen molar-refractivity contribution in [3.05, 3.63) is 29.8 Å². The zero-order chi connectivity index (χ0) is 13.1. The lowest BCUT2D eigenvalue weighted by Crippen LogP contribution is -2.26. The number of aryl methyl sites for hydroxylation is 2. The summed E-state index contributed by atoms with van der Waals surface area (Å²) in [5.41, 5.74) is 7.46. The van der Waals surface area contributed by atoms with Gasteiger partial charge >= 0.3 is 0 Å². The minimum absolute atomic E-state index is 0.226. The predicted molar refractivity (Wildman–Crippen MR) is 66.7 cm³/mol. The van der Waals surface area contributed by atoms with Crippen LogP contribution in [0.4, 0.5) is 5.69 Å². The van der Waals surface area contributed by atoms with Crippen molar-refractivity contribution >= 4 is 11.6 Å². The first-order valence-corrected chi connectivity index (χ1v) is 5.68. The molecule has 0 aliphatic heterocycles. The van der Waals surface area contributed by atoms with Crippen LogP contribution in [0.5, 0.6) is 0 Å². The maximum Gasteiger partial charge on any atom is 0.271 e. The van der Waals surface area contributed by atoms with Crippen molar-refractivity contribution in [1.29, 1.82) is 0 Å². The molecule has 0 saturated carbocycles. The molecule has 0 bridgehead atoms. The molecule has 0 atom stereocenters. The van der Waals surface area contributed by atoms with Crippen LogP contribution in [0.2, 0.25) is 0 Å². The third-order valence-electron chi connectivity index (χ3n) is 2.59. The SMILES string of the molecule is CCn1ncc(N)c1C(=O)NCc1cnn(C)c1. The van der Waals surface area contributed by atoms with Gasteiger partial charge in [0.2, 0.25) is 0 Å². The minimum atomic E-state index is -0.226. The molecule has 18 heavy (non-hydrogen) atoms. The first-order chi connectivity index (χ1) is 8.61. The fourth-order valence-electron chi connectivity index (χ4n) is 1.72. The van der Waals surface area contributed by atoms with E-state index in [2.05, 4.69) is 15.5 Å². The van der Waals surface area contributed by atoms with Gasteiger partial charge in [-0.15, -0.1) is 0 Å². The number of nitrogens with two attached hydrogens (primary N) is 1. The number of nitrogens with one attached hydrogen (secondary N) is 1. The molecule has 7 nitrogen and oxygen atoms in total. The summed E-state index contributed by atoms with van der Waals surface area (Å²) in [7, 11) is 1.83. The second-order valence-corrected chi connectivity index (χ2v) is 3.97. The van der Waals surface area contributed by atoms with Gasteiger partial charge in [0.15, 0.2) is 0 Å². The van der Waals surface area contributed by atoms with Crippen LogP contribution in [0.25, 0.3) is 0 Å². The van der Waals surface area contributed by atoms with E-state index < -0.39 is 0 Å². The second kappa shape index (κ2) is 4.91. The Morgan fingerprint density at radius 1 is 1.44 bits per heavy atom. The van der Waals surface area contributed by atoms with Crippen LogP contribution in [0.15, 0.2) is 18.6 Å². The van der Waals surface area contributed by atoms with Gasteiger partial charge in [-0.05, 0) is 6.92 Å². The van der Waals surface area contributed by atoms with E-state index in [4.69, 9.17) is 5.73 Å². The van der Waals surface area contributed by atoms with E-state index in [1.54, 1.807) is 15.6 Å². The number of nitrogen functional groups attached to an aromatic ring is 1. The molecule has 0 aromatic carbocycles. The lowest BCUT2D eigenvalue weighted by atomic mass is 10.3. The molecule has 0 unspecified atom stereocenters. The Morgan fingerprint density at radius 2 is 2.22 bits per heavy atom. The summed E-state index contributed by atoms with van der Waals surface area (Å²) < 4.78 is 3.26. The topological polar surface area (TPSA) is 90.8 Å². The molecule has 2 aromatic rings. The fourth-order valence-corrected chi connectivity index (χ4v) is 1.72. The van der Waals surface area contributed by atoms with Gasteiger partial charge in [0.05, 0.1) is 18.1 Å². The average molecular weight is 248 g/mol. The van der Waals surface area contributed by atoms with Crippen molar-refractivity contribution in [2.75, 3.05) is 5.73 Å². The van der Waals surface area contributed by atoms with Gasteiger partial charge in [-0.2, -0.15) is 10.2 Å². The van der Waals surface area contributed by atoms with Gasteiger partial charge in [-0.1, -0.05) is 0 Å². The molecule has 0 saturated heterocycles. The summed E-state index contributed by atoms with van der Waals surface area (Å²) in [6, 6.07) is 0. The monoisotopic (exact) mass is 248 g/mol. The summed E-state index contributed by atoms with van der Waals surface area (Å²) >= 11 is 0. The largest absolute Gasteiger partial charge is 0.396 e. The smallest absolute Gasteiger partial charge is 0.271 e. The Balaban J connectivity index is 2.05. The van der Waals surface area contributed by atoms with E-state index in [9.17, 15) is 4.79 Å². The van der Waals surface area contributed by atoms with Crippen molar-refractivity contribution < 1.29 is 4.79 Å². The van der Waals surface area contributed by atoms with Crippen LogP contribution in [-0.4, -0.2) is 25.5 Å². The van der Waals surface area contributed by atoms with Crippen LogP contribution in [-0.2, 0) is 20.1 Å². The molecule has 0 radical (unpaired) electrons.